The van der Waals surface area contributed by atoms with Crippen molar-refractivity contribution < 1.29 is 14.5 Å². The number of hydrogen-bond donors (Lipinski definition) is 2. The minimum Gasteiger partial charge on any atom is -0.274 e. The van der Waals surface area contributed by atoms with Crippen LogP contribution >= 0.6 is 22.6 Å². The van der Waals surface area contributed by atoms with E-state index in [0.29, 0.717) is 3.57 Å². The van der Waals surface area contributed by atoms with E-state index in [-0.39, 0.29) is 17.9 Å². The second kappa shape index (κ2) is 7.37. The fourth-order valence-corrected chi connectivity index (χ4v) is 2.58. The number of carbonyl (C=O) groups is 2. The van der Waals surface area contributed by atoms with Gasteiger partial charge in [0.2, 0.25) is 5.91 Å². The Bertz CT molecular complexity index is 784. The second-order valence-corrected chi connectivity index (χ2v) is 6.18. The van der Waals surface area contributed by atoms with Crippen molar-refractivity contribution in [3.8, 4) is 0 Å². The molecule has 12 heteroatoms. The fraction of sp³-hybridized carbons (Fsp3) is 0.333. The molecule has 1 atom stereocenters. The van der Waals surface area contributed by atoms with E-state index in [1.165, 1.54) is 15.6 Å². The van der Waals surface area contributed by atoms with Gasteiger partial charge in [-0.3, -0.25) is 39.9 Å². The average molecular weight is 447 g/mol. The molecule has 2 N–H and O–H groups in total. The summed E-state index contributed by atoms with van der Waals surface area (Å²) in [5.41, 5.74) is 4.64. The number of nitrogens with zero attached hydrogens (tertiary/aromatic N) is 5. The quantitative estimate of drug-likeness (QED) is 0.383. The zero-order valence-electron chi connectivity index (χ0n) is 12.8. The highest BCUT2D eigenvalue weighted by atomic mass is 127. The smallest absolute Gasteiger partial charge is 0.274 e. The summed E-state index contributed by atoms with van der Waals surface area (Å²) in [5, 5.41) is 18.4. The van der Waals surface area contributed by atoms with Crippen LogP contribution in [0.1, 0.15) is 17.4 Å². The highest BCUT2D eigenvalue weighted by molar-refractivity contribution is 14.1. The van der Waals surface area contributed by atoms with Crippen molar-refractivity contribution in [2.75, 3.05) is 0 Å². The Morgan fingerprint density at radius 3 is 2.67 bits per heavy atom. The maximum absolute atomic E-state index is 12.0. The van der Waals surface area contributed by atoms with E-state index in [1.807, 2.05) is 22.6 Å². The van der Waals surface area contributed by atoms with E-state index in [1.54, 1.807) is 20.2 Å². The van der Waals surface area contributed by atoms with E-state index in [0.717, 1.165) is 6.20 Å². The Balaban J connectivity index is 1.88. The molecule has 2 aromatic rings. The lowest BCUT2D eigenvalue weighted by molar-refractivity contribution is -0.385. The Labute approximate surface area is 149 Å². The standard InChI is InChI=1S/C12H14IN7O4/c1-7(4-19-5-8(3-14-19)20(23)24)11(21)15-16-12(22)10-9(13)6-18(2)17-10/h3,5-7H,4H2,1-2H3,(H,15,21)(H,16,22)/t7-/m1/s1. The van der Waals surface area contributed by atoms with Crippen LogP contribution < -0.4 is 10.9 Å². The van der Waals surface area contributed by atoms with Gasteiger partial charge in [-0.1, -0.05) is 6.92 Å². The van der Waals surface area contributed by atoms with Gasteiger partial charge in [0.25, 0.3) is 5.91 Å². The van der Waals surface area contributed by atoms with Gasteiger partial charge in [0, 0.05) is 13.2 Å². The molecule has 0 aliphatic rings. The van der Waals surface area contributed by atoms with Gasteiger partial charge in [-0.05, 0) is 22.6 Å². The third kappa shape index (κ3) is 4.27. The van der Waals surface area contributed by atoms with Crippen LogP contribution in [0.15, 0.2) is 18.6 Å². The third-order valence-corrected chi connectivity index (χ3v) is 3.83. The summed E-state index contributed by atoms with van der Waals surface area (Å²) in [6.45, 7) is 1.75. The van der Waals surface area contributed by atoms with Crippen LogP contribution in [0.2, 0.25) is 0 Å². The molecule has 0 fully saturated rings. The Morgan fingerprint density at radius 2 is 2.12 bits per heavy atom. The predicted octanol–water partition coefficient (Wildman–Crippen LogP) is 0.227. The van der Waals surface area contributed by atoms with Crippen LogP contribution in [-0.2, 0) is 18.4 Å². The summed E-state index contributed by atoms with van der Waals surface area (Å²) in [7, 11) is 1.68. The Hall–Kier alpha value is -2.51. The maximum atomic E-state index is 12.0. The van der Waals surface area contributed by atoms with E-state index >= 15 is 0 Å². The fourth-order valence-electron chi connectivity index (χ4n) is 1.82. The summed E-state index contributed by atoms with van der Waals surface area (Å²) in [6.07, 6.45) is 4.01. The van der Waals surface area contributed by atoms with E-state index in [9.17, 15) is 19.7 Å². The van der Waals surface area contributed by atoms with Crippen molar-refractivity contribution in [1.29, 1.82) is 0 Å². The lowest BCUT2D eigenvalue weighted by Crippen LogP contribution is -2.45. The Morgan fingerprint density at radius 1 is 1.42 bits per heavy atom. The lowest BCUT2D eigenvalue weighted by atomic mass is 10.2. The normalized spacial score (nSPS) is 11.8. The average Bonchev–Trinajstić information content (AvgIpc) is 3.10. The van der Waals surface area contributed by atoms with Gasteiger partial charge in [-0.2, -0.15) is 10.2 Å². The first-order valence-corrected chi connectivity index (χ1v) is 7.82. The molecule has 128 valence electrons. The number of hydrazine groups is 1. The SMILES string of the molecule is C[C@H](Cn1cc([N+](=O)[O-])cn1)C(=O)NNC(=O)c1nn(C)cc1I. The van der Waals surface area contributed by atoms with Crippen LogP contribution in [0.5, 0.6) is 0 Å². The molecule has 24 heavy (non-hydrogen) atoms. The van der Waals surface area contributed by atoms with Gasteiger partial charge in [-0.15, -0.1) is 0 Å². The molecular weight excluding hydrogens is 433 g/mol. The summed E-state index contributed by atoms with van der Waals surface area (Å²) < 4.78 is 3.44. The first-order chi connectivity index (χ1) is 11.3. The molecule has 0 aromatic carbocycles. The number of aryl methyl sites for hydroxylation is 1. The van der Waals surface area contributed by atoms with Crippen molar-refractivity contribution in [2.24, 2.45) is 13.0 Å². The van der Waals surface area contributed by atoms with E-state index < -0.39 is 22.7 Å². The number of nitro groups is 1. The van der Waals surface area contributed by atoms with E-state index in [4.69, 9.17) is 0 Å². The Kier molecular flexibility index (Phi) is 5.48. The molecule has 0 aliphatic carbocycles. The molecular formula is C12H14IN7O4. The number of carbonyl (C=O) groups excluding carboxylic acids is 2. The van der Waals surface area contributed by atoms with Gasteiger partial charge >= 0.3 is 5.69 Å². The van der Waals surface area contributed by atoms with Gasteiger partial charge in [0.15, 0.2) is 5.69 Å². The minimum absolute atomic E-state index is 0.136. The highest BCUT2D eigenvalue weighted by Crippen LogP contribution is 2.10. The maximum Gasteiger partial charge on any atom is 0.306 e. The molecule has 0 bridgehead atoms. The van der Waals surface area contributed by atoms with Crippen LogP contribution in [0.25, 0.3) is 0 Å². The van der Waals surface area contributed by atoms with Gasteiger partial charge in [-0.25, -0.2) is 0 Å². The number of rotatable bonds is 5. The molecule has 2 rings (SSSR count). The van der Waals surface area contributed by atoms with Crippen molar-refractivity contribution >= 4 is 40.1 Å². The van der Waals surface area contributed by atoms with Crippen LogP contribution in [0.4, 0.5) is 5.69 Å². The second-order valence-electron chi connectivity index (χ2n) is 5.02. The molecule has 0 saturated carbocycles. The minimum atomic E-state index is -0.567. The number of aromatic nitrogens is 4. The predicted molar refractivity (Wildman–Crippen MR) is 89.6 cm³/mol. The number of nitrogens with one attached hydrogen (secondary N) is 2. The number of amides is 2. The zero-order valence-corrected chi connectivity index (χ0v) is 14.9. The van der Waals surface area contributed by atoms with Crippen molar-refractivity contribution in [3.63, 3.8) is 0 Å². The summed E-state index contributed by atoms with van der Waals surface area (Å²) in [5.74, 6) is -1.55. The van der Waals surface area contributed by atoms with Gasteiger partial charge in [0.1, 0.15) is 12.4 Å². The molecule has 0 saturated heterocycles. The topological polar surface area (TPSA) is 137 Å². The van der Waals surface area contributed by atoms with Crippen LogP contribution in [-0.4, -0.2) is 36.3 Å². The molecule has 2 amide bonds. The molecule has 11 nitrogen and oxygen atoms in total. The van der Waals surface area contributed by atoms with Crippen LogP contribution in [0, 0.1) is 19.6 Å². The number of hydrogen-bond acceptors (Lipinski definition) is 6. The summed E-state index contributed by atoms with van der Waals surface area (Å²) in [6, 6.07) is 0. The van der Waals surface area contributed by atoms with Crippen molar-refractivity contribution in [2.45, 2.75) is 13.5 Å². The molecule has 0 spiro atoms. The summed E-state index contributed by atoms with van der Waals surface area (Å²) in [4.78, 5) is 34.0. The van der Waals surface area contributed by atoms with Gasteiger partial charge < -0.3 is 0 Å². The van der Waals surface area contributed by atoms with Crippen molar-refractivity contribution in [1.82, 2.24) is 30.4 Å². The first kappa shape index (κ1) is 17.8. The third-order valence-electron chi connectivity index (χ3n) is 3.04. The van der Waals surface area contributed by atoms with Crippen molar-refractivity contribution in [3.05, 3.63) is 38.0 Å². The summed E-state index contributed by atoms with van der Waals surface area (Å²) >= 11 is 1.97. The first-order valence-electron chi connectivity index (χ1n) is 6.74. The molecule has 2 aromatic heterocycles. The molecule has 0 unspecified atom stereocenters. The largest absolute Gasteiger partial charge is 0.306 e. The lowest BCUT2D eigenvalue weighted by Gasteiger charge is -2.12. The molecule has 0 radical (unpaired) electrons. The molecule has 2 heterocycles. The zero-order chi connectivity index (χ0) is 17.9. The number of halogens is 1. The highest BCUT2D eigenvalue weighted by Gasteiger charge is 2.19. The van der Waals surface area contributed by atoms with Crippen LogP contribution in [0.3, 0.4) is 0 Å². The van der Waals surface area contributed by atoms with E-state index in [2.05, 4.69) is 21.0 Å². The monoisotopic (exact) mass is 447 g/mol. The molecule has 0 aliphatic heterocycles. The van der Waals surface area contributed by atoms with Gasteiger partial charge in [0.05, 0.1) is 21.0 Å².